The summed E-state index contributed by atoms with van der Waals surface area (Å²) in [6.07, 6.45) is 0.430. The fraction of sp³-hybridized carbons (Fsp3) is 0.368. The zero-order valence-electron chi connectivity index (χ0n) is 14.4. The molecule has 0 fully saturated rings. The molecular formula is C19H22N2O2S. The highest BCUT2D eigenvalue weighted by Gasteiger charge is 2.23. The van der Waals surface area contributed by atoms with E-state index in [4.69, 9.17) is 27.0 Å². The molecule has 4 nitrogen and oxygen atoms in total. The second-order valence-electron chi connectivity index (χ2n) is 6.12. The van der Waals surface area contributed by atoms with Crippen molar-refractivity contribution >= 4 is 28.0 Å². The number of nitrogens with one attached hydrogen (secondary N) is 1. The first-order valence-corrected chi connectivity index (χ1v) is 8.27. The molecule has 24 heavy (non-hydrogen) atoms. The zero-order chi connectivity index (χ0) is 17.7. The Hall–Kier alpha value is -2.32. The second kappa shape index (κ2) is 7.50. The van der Waals surface area contributed by atoms with Gasteiger partial charge in [-0.15, -0.1) is 0 Å². The maximum absolute atomic E-state index is 9.13. The lowest BCUT2D eigenvalue weighted by molar-refractivity contribution is 0.259. The fourth-order valence-corrected chi connectivity index (χ4v) is 2.78. The van der Waals surface area contributed by atoms with Crippen molar-refractivity contribution in [3.05, 3.63) is 36.4 Å². The van der Waals surface area contributed by atoms with Gasteiger partial charge >= 0.3 is 0 Å². The van der Waals surface area contributed by atoms with Gasteiger partial charge in [0.2, 0.25) is 0 Å². The van der Waals surface area contributed by atoms with E-state index in [1.54, 1.807) is 21.0 Å². The van der Waals surface area contributed by atoms with E-state index in [0.717, 1.165) is 22.3 Å². The maximum atomic E-state index is 9.13. The predicted molar refractivity (Wildman–Crippen MR) is 101 cm³/mol. The van der Waals surface area contributed by atoms with Gasteiger partial charge in [-0.25, -0.2) is 0 Å². The van der Waals surface area contributed by atoms with Gasteiger partial charge in [0.25, 0.3) is 0 Å². The third-order valence-electron chi connectivity index (χ3n) is 3.68. The number of hydrogen-bond donors (Lipinski definition) is 1. The Kier molecular flexibility index (Phi) is 5.63. The van der Waals surface area contributed by atoms with E-state index in [1.807, 2.05) is 43.3 Å². The summed E-state index contributed by atoms with van der Waals surface area (Å²) in [5.41, 5.74) is -0.718. The van der Waals surface area contributed by atoms with Gasteiger partial charge in [-0.05, 0) is 55.3 Å². The van der Waals surface area contributed by atoms with E-state index < -0.39 is 5.54 Å². The molecule has 1 atom stereocenters. The van der Waals surface area contributed by atoms with Crippen molar-refractivity contribution in [3.8, 4) is 17.6 Å². The molecule has 0 heterocycles. The van der Waals surface area contributed by atoms with E-state index in [-0.39, 0.29) is 6.10 Å². The van der Waals surface area contributed by atoms with E-state index in [0.29, 0.717) is 11.4 Å². The summed E-state index contributed by atoms with van der Waals surface area (Å²) >= 11 is 5.42. The summed E-state index contributed by atoms with van der Waals surface area (Å²) in [5, 5.41) is 14.3. The van der Waals surface area contributed by atoms with Gasteiger partial charge < -0.3 is 14.8 Å². The molecule has 0 saturated carbocycles. The first-order chi connectivity index (χ1) is 11.4. The molecule has 1 N–H and O–H groups in total. The number of nitriles is 1. The predicted octanol–water partition coefficient (Wildman–Crippen LogP) is 4.22. The van der Waals surface area contributed by atoms with E-state index >= 15 is 0 Å². The highest BCUT2D eigenvalue weighted by Crippen LogP contribution is 2.26. The molecule has 0 aliphatic carbocycles. The van der Waals surface area contributed by atoms with Crippen molar-refractivity contribution in [2.45, 2.75) is 38.8 Å². The van der Waals surface area contributed by atoms with E-state index in [9.17, 15) is 0 Å². The van der Waals surface area contributed by atoms with Gasteiger partial charge in [0.1, 0.15) is 28.1 Å². The average Bonchev–Trinajstić information content (AvgIpc) is 2.58. The van der Waals surface area contributed by atoms with Crippen LogP contribution in [0.4, 0.5) is 0 Å². The first kappa shape index (κ1) is 18.0. The van der Waals surface area contributed by atoms with Gasteiger partial charge in [0, 0.05) is 0 Å². The Morgan fingerprint density at radius 1 is 1.21 bits per heavy atom. The monoisotopic (exact) mass is 342 g/mol. The molecule has 0 radical (unpaired) electrons. The number of benzene rings is 2. The third-order valence-corrected chi connectivity index (χ3v) is 4.04. The lowest BCUT2D eigenvalue weighted by Crippen LogP contribution is -2.47. The molecule has 2 rings (SSSR count). The van der Waals surface area contributed by atoms with Crippen molar-refractivity contribution in [2.24, 2.45) is 0 Å². The van der Waals surface area contributed by atoms with Crippen LogP contribution in [0, 0.1) is 11.3 Å². The third kappa shape index (κ3) is 4.36. The van der Waals surface area contributed by atoms with Crippen LogP contribution in [0.15, 0.2) is 36.4 Å². The highest BCUT2D eigenvalue weighted by molar-refractivity contribution is 7.80. The SMILES string of the molecule is CCC(Oc1ccc2ccc(OC)cc2c1)C(=S)NC(C)(C)C#N. The summed E-state index contributed by atoms with van der Waals surface area (Å²) in [6, 6.07) is 14.0. The summed E-state index contributed by atoms with van der Waals surface area (Å²) < 4.78 is 11.3. The minimum absolute atomic E-state index is 0.282. The number of thiocarbonyl (C=S) groups is 1. The van der Waals surface area contributed by atoms with Crippen LogP contribution in [0.1, 0.15) is 27.2 Å². The quantitative estimate of drug-likeness (QED) is 0.796. The van der Waals surface area contributed by atoms with Crippen molar-refractivity contribution in [3.63, 3.8) is 0 Å². The lowest BCUT2D eigenvalue weighted by Gasteiger charge is -2.25. The van der Waals surface area contributed by atoms with E-state index in [1.165, 1.54) is 0 Å². The molecule has 0 bridgehead atoms. The number of ether oxygens (including phenoxy) is 2. The highest BCUT2D eigenvalue weighted by atomic mass is 32.1. The van der Waals surface area contributed by atoms with Gasteiger partial charge in [0.05, 0.1) is 13.2 Å². The number of nitrogens with zero attached hydrogens (tertiary/aromatic N) is 1. The first-order valence-electron chi connectivity index (χ1n) is 7.86. The minimum Gasteiger partial charge on any atom is -0.497 e. The number of methoxy groups -OCH3 is 1. The van der Waals surface area contributed by atoms with Crippen LogP contribution in [0.2, 0.25) is 0 Å². The molecule has 0 spiro atoms. The molecule has 0 amide bonds. The van der Waals surface area contributed by atoms with Gasteiger partial charge in [-0.1, -0.05) is 31.3 Å². The van der Waals surface area contributed by atoms with Crippen molar-refractivity contribution in [1.29, 1.82) is 5.26 Å². The molecule has 0 saturated heterocycles. The second-order valence-corrected chi connectivity index (χ2v) is 6.56. The van der Waals surface area contributed by atoms with Crippen molar-refractivity contribution in [2.75, 3.05) is 7.11 Å². The van der Waals surface area contributed by atoms with Crippen LogP contribution >= 0.6 is 12.2 Å². The van der Waals surface area contributed by atoms with Crippen LogP contribution in [0.3, 0.4) is 0 Å². The zero-order valence-corrected chi connectivity index (χ0v) is 15.2. The Balaban J connectivity index is 2.20. The molecule has 126 valence electrons. The Morgan fingerprint density at radius 3 is 2.42 bits per heavy atom. The molecule has 2 aromatic rings. The molecule has 0 aliphatic rings. The van der Waals surface area contributed by atoms with Crippen molar-refractivity contribution in [1.82, 2.24) is 5.32 Å². The summed E-state index contributed by atoms with van der Waals surface area (Å²) in [5.74, 6) is 1.54. The summed E-state index contributed by atoms with van der Waals surface area (Å²) in [4.78, 5) is 0.537. The molecule has 1 unspecified atom stereocenters. The fourth-order valence-electron chi connectivity index (χ4n) is 2.31. The van der Waals surface area contributed by atoms with Gasteiger partial charge in [0.15, 0.2) is 0 Å². The Bertz CT molecular complexity index is 781. The average molecular weight is 342 g/mol. The summed E-state index contributed by atoms with van der Waals surface area (Å²) in [7, 11) is 1.65. The van der Waals surface area contributed by atoms with Crippen LogP contribution in [-0.4, -0.2) is 23.7 Å². The molecule has 0 aromatic heterocycles. The molecule has 5 heteroatoms. The van der Waals surface area contributed by atoms with Crippen LogP contribution in [-0.2, 0) is 0 Å². The van der Waals surface area contributed by atoms with Gasteiger partial charge in [-0.3, -0.25) is 0 Å². The Morgan fingerprint density at radius 2 is 1.83 bits per heavy atom. The topological polar surface area (TPSA) is 54.3 Å². The van der Waals surface area contributed by atoms with E-state index in [2.05, 4.69) is 11.4 Å². The Labute approximate surface area is 148 Å². The normalized spacial score (nSPS) is 12.3. The molecule has 2 aromatic carbocycles. The van der Waals surface area contributed by atoms with Crippen LogP contribution in [0.5, 0.6) is 11.5 Å². The van der Waals surface area contributed by atoms with Gasteiger partial charge in [-0.2, -0.15) is 5.26 Å². The smallest absolute Gasteiger partial charge is 0.148 e. The maximum Gasteiger partial charge on any atom is 0.148 e. The number of hydrogen-bond acceptors (Lipinski definition) is 4. The molecule has 0 aliphatic heterocycles. The van der Waals surface area contributed by atoms with Crippen LogP contribution < -0.4 is 14.8 Å². The minimum atomic E-state index is -0.718. The summed E-state index contributed by atoms with van der Waals surface area (Å²) in [6.45, 7) is 5.57. The number of fused-ring (bicyclic) bond motifs is 1. The lowest BCUT2D eigenvalue weighted by atomic mass is 10.1. The standard InChI is InChI=1S/C19H22N2O2S/c1-5-17(18(24)21-19(2,3)12-20)23-16-9-7-13-6-8-15(22-4)10-14(13)11-16/h6-11,17H,5H2,1-4H3,(H,21,24). The number of rotatable bonds is 6. The molecular weight excluding hydrogens is 320 g/mol. The van der Waals surface area contributed by atoms with Crippen LogP contribution in [0.25, 0.3) is 10.8 Å². The largest absolute Gasteiger partial charge is 0.497 e. The van der Waals surface area contributed by atoms with Crippen molar-refractivity contribution < 1.29 is 9.47 Å².